The van der Waals surface area contributed by atoms with Gasteiger partial charge in [0, 0.05) is 23.2 Å². The van der Waals surface area contributed by atoms with Crippen molar-refractivity contribution >= 4 is 29.2 Å². The number of rotatable bonds is 2. The second-order valence-electron chi connectivity index (χ2n) is 4.31. The molecule has 1 fully saturated rings. The van der Waals surface area contributed by atoms with Gasteiger partial charge < -0.3 is 9.64 Å². The average molecular weight is 268 g/mol. The standard InChI is InChI=1S/C13H14ClNO3/c1-8-11(13(17)18-2)7-12(16)15(8)10-5-3-9(14)4-6-10/h3-6,8,11H,7H2,1-2H3. The zero-order valence-corrected chi connectivity index (χ0v) is 11.0. The van der Waals surface area contributed by atoms with Gasteiger partial charge in [0.2, 0.25) is 5.91 Å². The summed E-state index contributed by atoms with van der Waals surface area (Å²) in [7, 11) is 1.34. The maximum Gasteiger partial charge on any atom is 0.311 e. The second-order valence-corrected chi connectivity index (χ2v) is 4.75. The van der Waals surface area contributed by atoms with Gasteiger partial charge in [0.1, 0.15) is 0 Å². The summed E-state index contributed by atoms with van der Waals surface area (Å²) in [4.78, 5) is 25.2. The molecule has 0 saturated carbocycles. The molecule has 0 spiro atoms. The molecule has 1 aliphatic heterocycles. The smallest absolute Gasteiger partial charge is 0.311 e. The molecule has 0 bridgehead atoms. The van der Waals surface area contributed by atoms with Crippen LogP contribution in [0.15, 0.2) is 24.3 Å². The molecule has 0 aliphatic carbocycles. The van der Waals surface area contributed by atoms with Gasteiger partial charge in [-0.3, -0.25) is 9.59 Å². The van der Waals surface area contributed by atoms with Gasteiger partial charge in [-0.05, 0) is 31.2 Å². The summed E-state index contributed by atoms with van der Waals surface area (Å²) < 4.78 is 4.72. The highest BCUT2D eigenvalue weighted by atomic mass is 35.5. The molecule has 0 aromatic heterocycles. The van der Waals surface area contributed by atoms with Crippen LogP contribution in [0.4, 0.5) is 5.69 Å². The predicted octanol–water partition coefficient (Wildman–Crippen LogP) is 2.25. The summed E-state index contributed by atoms with van der Waals surface area (Å²) in [6.45, 7) is 1.85. The number of hydrogen-bond donors (Lipinski definition) is 0. The first kappa shape index (κ1) is 12.9. The average Bonchev–Trinajstić information content (AvgIpc) is 2.65. The summed E-state index contributed by atoms with van der Waals surface area (Å²) in [5.41, 5.74) is 0.753. The Bertz CT molecular complexity index is 472. The van der Waals surface area contributed by atoms with Crippen molar-refractivity contribution in [2.24, 2.45) is 5.92 Å². The van der Waals surface area contributed by atoms with Crippen molar-refractivity contribution in [3.05, 3.63) is 29.3 Å². The molecule has 18 heavy (non-hydrogen) atoms. The van der Waals surface area contributed by atoms with Crippen LogP contribution in [0.2, 0.25) is 5.02 Å². The SMILES string of the molecule is COC(=O)C1CC(=O)N(c2ccc(Cl)cc2)C1C. The molecule has 1 heterocycles. The summed E-state index contributed by atoms with van der Waals surface area (Å²) in [6.07, 6.45) is 0.191. The quantitative estimate of drug-likeness (QED) is 0.772. The predicted molar refractivity (Wildman–Crippen MR) is 68.5 cm³/mol. The highest BCUT2D eigenvalue weighted by Gasteiger charge is 2.42. The van der Waals surface area contributed by atoms with E-state index in [9.17, 15) is 9.59 Å². The van der Waals surface area contributed by atoms with Crippen LogP contribution < -0.4 is 4.90 Å². The van der Waals surface area contributed by atoms with Crippen molar-refractivity contribution in [3.63, 3.8) is 0 Å². The number of methoxy groups -OCH3 is 1. The molecule has 2 atom stereocenters. The Morgan fingerprint density at radius 3 is 2.56 bits per heavy atom. The number of esters is 1. The number of carbonyl (C=O) groups is 2. The van der Waals surface area contributed by atoms with Gasteiger partial charge in [-0.15, -0.1) is 0 Å². The third-order valence-corrected chi connectivity index (χ3v) is 3.51. The van der Waals surface area contributed by atoms with E-state index < -0.39 is 5.92 Å². The Kier molecular flexibility index (Phi) is 3.57. The normalized spacial score (nSPS) is 23.3. The van der Waals surface area contributed by atoms with E-state index in [0.717, 1.165) is 5.69 Å². The Balaban J connectivity index is 2.26. The van der Waals surface area contributed by atoms with E-state index in [2.05, 4.69) is 0 Å². The van der Waals surface area contributed by atoms with Crippen LogP contribution in [-0.2, 0) is 14.3 Å². The fraction of sp³-hybridized carbons (Fsp3) is 0.385. The lowest BCUT2D eigenvalue weighted by Crippen LogP contribution is -2.35. The Morgan fingerprint density at radius 1 is 1.39 bits per heavy atom. The topological polar surface area (TPSA) is 46.6 Å². The fourth-order valence-corrected chi connectivity index (χ4v) is 2.40. The van der Waals surface area contributed by atoms with Gasteiger partial charge in [-0.25, -0.2) is 0 Å². The molecule has 1 aliphatic rings. The maximum absolute atomic E-state index is 12.0. The van der Waals surface area contributed by atoms with Crippen LogP contribution in [0.3, 0.4) is 0 Å². The lowest BCUT2D eigenvalue weighted by molar-refractivity contribution is -0.146. The van der Waals surface area contributed by atoms with E-state index >= 15 is 0 Å². The number of ether oxygens (including phenoxy) is 1. The highest BCUT2D eigenvalue weighted by molar-refractivity contribution is 6.30. The number of anilines is 1. The van der Waals surface area contributed by atoms with E-state index in [1.54, 1.807) is 29.2 Å². The van der Waals surface area contributed by atoms with Crippen molar-refractivity contribution in [2.45, 2.75) is 19.4 Å². The monoisotopic (exact) mass is 267 g/mol. The first-order valence-electron chi connectivity index (χ1n) is 5.70. The summed E-state index contributed by atoms with van der Waals surface area (Å²) in [5, 5.41) is 0.613. The van der Waals surface area contributed by atoms with Crippen molar-refractivity contribution in [3.8, 4) is 0 Å². The van der Waals surface area contributed by atoms with Crippen molar-refractivity contribution in [2.75, 3.05) is 12.0 Å². The van der Waals surface area contributed by atoms with Gasteiger partial charge in [-0.1, -0.05) is 11.6 Å². The lowest BCUT2D eigenvalue weighted by Gasteiger charge is -2.23. The molecule has 1 aromatic rings. The number of nitrogens with zero attached hydrogens (tertiary/aromatic N) is 1. The fourth-order valence-electron chi connectivity index (χ4n) is 2.28. The summed E-state index contributed by atoms with van der Waals surface area (Å²) in [5.74, 6) is -0.814. The largest absolute Gasteiger partial charge is 0.469 e. The summed E-state index contributed by atoms with van der Waals surface area (Å²) >= 11 is 5.82. The highest BCUT2D eigenvalue weighted by Crippen LogP contribution is 2.32. The second kappa shape index (κ2) is 4.98. The minimum atomic E-state index is -0.404. The molecular weight excluding hydrogens is 254 g/mol. The van der Waals surface area contributed by atoms with E-state index in [0.29, 0.717) is 5.02 Å². The zero-order valence-electron chi connectivity index (χ0n) is 10.2. The van der Waals surface area contributed by atoms with Gasteiger partial charge >= 0.3 is 5.97 Å². The number of benzene rings is 1. The zero-order chi connectivity index (χ0) is 13.3. The molecule has 0 radical (unpaired) electrons. The molecule has 2 unspecified atom stereocenters. The third-order valence-electron chi connectivity index (χ3n) is 3.26. The lowest BCUT2D eigenvalue weighted by atomic mass is 10.0. The van der Waals surface area contributed by atoms with Crippen LogP contribution in [0.1, 0.15) is 13.3 Å². The molecular formula is C13H14ClNO3. The van der Waals surface area contributed by atoms with Crippen molar-refractivity contribution in [1.82, 2.24) is 0 Å². The molecule has 96 valence electrons. The minimum Gasteiger partial charge on any atom is -0.469 e. The van der Waals surface area contributed by atoms with Crippen LogP contribution in [0.25, 0.3) is 0 Å². The van der Waals surface area contributed by atoms with Gasteiger partial charge in [-0.2, -0.15) is 0 Å². The number of halogens is 1. The van der Waals surface area contributed by atoms with E-state index in [4.69, 9.17) is 16.3 Å². The van der Waals surface area contributed by atoms with E-state index in [1.807, 2.05) is 6.92 Å². The molecule has 1 saturated heterocycles. The molecule has 0 N–H and O–H groups in total. The van der Waals surface area contributed by atoms with Gasteiger partial charge in [0.25, 0.3) is 0 Å². The maximum atomic E-state index is 12.0. The van der Waals surface area contributed by atoms with Gasteiger partial charge in [0.05, 0.1) is 13.0 Å². The first-order chi connectivity index (χ1) is 8.54. The molecule has 1 amide bonds. The van der Waals surface area contributed by atoms with Crippen molar-refractivity contribution < 1.29 is 14.3 Å². The molecule has 5 heteroatoms. The number of carbonyl (C=O) groups excluding carboxylic acids is 2. The van der Waals surface area contributed by atoms with E-state index in [-0.39, 0.29) is 24.3 Å². The van der Waals surface area contributed by atoms with Gasteiger partial charge in [0.15, 0.2) is 0 Å². The first-order valence-corrected chi connectivity index (χ1v) is 6.08. The van der Waals surface area contributed by atoms with Crippen LogP contribution in [0.5, 0.6) is 0 Å². The number of amides is 1. The van der Waals surface area contributed by atoms with Crippen LogP contribution >= 0.6 is 11.6 Å². The van der Waals surface area contributed by atoms with Crippen LogP contribution in [0, 0.1) is 5.92 Å². The Hall–Kier alpha value is -1.55. The Morgan fingerprint density at radius 2 is 2.00 bits per heavy atom. The van der Waals surface area contributed by atoms with Crippen LogP contribution in [-0.4, -0.2) is 25.0 Å². The Labute approximate surface area is 110 Å². The molecule has 4 nitrogen and oxygen atoms in total. The summed E-state index contributed by atoms with van der Waals surface area (Å²) in [6, 6.07) is 6.79. The number of hydrogen-bond acceptors (Lipinski definition) is 3. The van der Waals surface area contributed by atoms with E-state index in [1.165, 1.54) is 7.11 Å². The molecule has 2 rings (SSSR count). The van der Waals surface area contributed by atoms with Crippen molar-refractivity contribution in [1.29, 1.82) is 0 Å². The molecule has 1 aromatic carbocycles. The third kappa shape index (κ3) is 2.20. The minimum absolute atomic E-state index is 0.0692.